The van der Waals surface area contributed by atoms with E-state index in [1.807, 2.05) is 105 Å². The van der Waals surface area contributed by atoms with Crippen LogP contribution in [-0.2, 0) is 38.4 Å². The fourth-order valence-corrected chi connectivity index (χ4v) is 5.67. The Kier molecular flexibility index (Phi) is 15.5. The Hall–Kier alpha value is -4.70. The van der Waals surface area contributed by atoms with Crippen LogP contribution in [0.1, 0.15) is 64.2 Å². The summed E-state index contributed by atoms with van der Waals surface area (Å²) >= 11 is 0. The van der Waals surface area contributed by atoms with Gasteiger partial charge in [0.1, 0.15) is 17.7 Å². The molecular weight excluding hydrogens is 632 g/mol. The number of aliphatic hydroxyl groups is 1. The molecule has 0 bridgehead atoms. The molecule has 3 aromatic rings. The Labute approximate surface area is 296 Å². The van der Waals surface area contributed by atoms with Crippen LogP contribution in [0.5, 0.6) is 0 Å². The minimum Gasteiger partial charge on any atom is -0.444 e. The topological polar surface area (TPSA) is 151 Å². The van der Waals surface area contributed by atoms with Crippen molar-refractivity contribution >= 4 is 23.8 Å². The van der Waals surface area contributed by atoms with Crippen molar-refractivity contribution in [2.24, 2.45) is 17.6 Å². The SMILES string of the molecule is CC(C)C[C@H](NC(=O)[C@H](Cc1ccccc1)C[C@@H](O)CN(CCc1ccccc1)C(=O)OC(C)(C)C)C(=O)N[C@@H](Cc1ccccc1)C(N)=O. The zero-order valence-corrected chi connectivity index (χ0v) is 30.0. The second kappa shape index (κ2) is 19.5. The van der Waals surface area contributed by atoms with Crippen LogP contribution in [0.3, 0.4) is 0 Å². The predicted molar refractivity (Wildman–Crippen MR) is 195 cm³/mol. The molecule has 50 heavy (non-hydrogen) atoms. The first-order chi connectivity index (χ1) is 23.7. The fourth-order valence-electron chi connectivity index (χ4n) is 5.67. The number of primary amides is 1. The molecule has 10 heteroatoms. The number of carbonyl (C=O) groups is 4. The van der Waals surface area contributed by atoms with E-state index in [4.69, 9.17) is 10.5 Å². The number of amides is 4. The second-order valence-corrected chi connectivity index (χ2v) is 14.3. The van der Waals surface area contributed by atoms with Crippen LogP contribution in [0.4, 0.5) is 4.79 Å². The number of nitrogens with two attached hydrogens (primary N) is 1. The molecule has 0 fully saturated rings. The number of hydrogen-bond donors (Lipinski definition) is 4. The second-order valence-electron chi connectivity index (χ2n) is 14.3. The molecular formula is C40H54N4O6. The average molecular weight is 687 g/mol. The molecule has 10 nitrogen and oxygen atoms in total. The number of ether oxygens (including phenoxy) is 1. The summed E-state index contributed by atoms with van der Waals surface area (Å²) in [4.78, 5) is 54.7. The van der Waals surface area contributed by atoms with E-state index < -0.39 is 53.5 Å². The molecule has 0 aliphatic heterocycles. The summed E-state index contributed by atoms with van der Waals surface area (Å²) in [5.41, 5.74) is 7.69. The van der Waals surface area contributed by atoms with E-state index in [1.165, 1.54) is 4.90 Å². The molecule has 0 aromatic heterocycles. The third-order valence-electron chi connectivity index (χ3n) is 8.13. The average Bonchev–Trinajstić information content (AvgIpc) is 3.06. The summed E-state index contributed by atoms with van der Waals surface area (Å²) in [6, 6.07) is 26.5. The highest BCUT2D eigenvalue weighted by atomic mass is 16.6. The van der Waals surface area contributed by atoms with Crippen LogP contribution in [0.25, 0.3) is 0 Å². The van der Waals surface area contributed by atoms with Crippen LogP contribution < -0.4 is 16.4 Å². The van der Waals surface area contributed by atoms with Crippen molar-refractivity contribution in [3.63, 3.8) is 0 Å². The summed E-state index contributed by atoms with van der Waals surface area (Å²) in [5.74, 6) is -2.30. The maximum absolute atomic E-state index is 14.0. The van der Waals surface area contributed by atoms with E-state index in [1.54, 1.807) is 20.8 Å². The monoisotopic (exact) mass is 686 g/mol. The number of nitrogens with zero attached hydrogens (tertiary/aromatic N) is 1. The van der Waals surface area contributed by atoms with E-state index >= 15 is 0 Å². The normalized spacial score (nSPS) is 13.8. The van der Waals surface area contributed by atoms with Gasteiger partial charge in [-0.05, 0) is 69.1 Å². The molecule has 0 saturated heterocycles. The quantitative estimate of drug-likeness (QED) is 0.151. The van der Waals surface area contributed by atoms with Gasteiger partial charge in [-0.15, -0.1) is 0 Å². The van der Waals surface area contributed by atoms with Gasteiger partial charge < -0.3 is 31.1 Å². The van der Waals surface area contributed by atoms with Gasteiger partial charge in [-0.2, -0.15) is 0 Å². The lowest BCUT2D eigenvalue weighted by Crippen LogP contribution is -2.55. The predicted octanol–water partition coefficient (Wildman–Crippen LogP) is 4.82. The van der Waals surface area contributed by atoms with Crippen LogP contribution in [0, 0.1) is 11.8 Å². The molecule has 270 valence electrons. The minimum absolute atomic E-state index is 0.0271. The lowest BCUT2D eigenvalue weighted by molar-refractivity contribution is -0.133. The molecule has 3 aromatic carbocycles. The highest BCUT2D eigenvalue weighted by molar-refractivity contribution is 5.92. The standard InChI is InChI=1S/C40H54N4O6/c1-28(2)23-35(38(48)42-34(36(41)46)25-31-19-13-8-14-20-31)43-37(47)32(24-30-17-11-7-12-18-30)26-33(45)27-44(39(49)50-40(3,4)5)22-21-29-15-9-6-10-16-29/h6-20,28,32-35,45H,21-27H2,1-5H3,(H2,41,46)(H,42,48)(H,43,47)/t32-,33-,34+,35+/m1/s1. The minimum atomic E-state index is -1.07. The molecule has 0 spiro atoms. The van der Waals surface area contributed by atoms with Crippen molar-refractivity contribution in [2.75, 3.05) is 13.1 Å². The number of carbonyl (C=O) groups excluding carboxylic acids is 4. The van der Waals surface area contributed by atoms with Crippen LogP contribution in [0.2, 0.25) is 0 Å². The van der Waals surface area contributed by atoms with Gasteiger partial charge in [0.25, 0.3) is 0 Å². The summed E-state index contributed by atoms with van der Waals surface area (Å²) in [7, 11) is 0. The highest BCUT2D eigenvalue weighted by Gasteiger charge is 2.31. The van der Waals surface area contributed by atoms with E-state index in [0.29, 0.717) is 25.8 Å². The van der Waals surface area contributed by atoms with Crippen molar-refractivity contribution in [3.05, 3.63) is 108 Å². The van der Waals surface area contributed by atoms with Gasteiger partial charge in [0, 0.05) is 25.4 Å². The Bertz CT molecular complexity index is 1490. The highest BCUT2D eigenvalue weighted by Crippen LogP contribution is 2.19. The molecule has 4 atom stereocenters. The van der Waals surface area contributed by atoms with Gasteiger partial charge in [0.05, 0.1) is 6.10 Å². The molecule has 5 N–H and O–H groups in total. The largest absolute Gasteiger partial charge is 0.444 e. The zero-order valence-electron chi connectivity index (χ0n) is 30.0. The molecule has 0 aliphatic carbocycles. The number of rotatable bonds is 18. The molecule has 0 aliphatic rings. The van der Waals surface area contributed by atoms with Gasteiger partial charge in [-0.3, -0.25) is 14.4 Å². The third kappa shape index (κ3) is 14.4. The molecule has 0 heterocycles. The Morgan fingerprint density at radius 2 is 1.24 bits per heavy atom. The summed E-state index contributed by atoms with van der Waals surface area (Å²) in [6.07, 6.45) is -0.201. The molecule has 0 radical (unpaired) electrons. The fraction of sp³-hybridized carbons (Fsp3) is 0.450. The first-order valence-electron chi connectivity index (χ1n) is 17.4. The molecule has 4 amide bonds. The van der Waals surface area contributed by atoms with Crippen molar-refractivity contribution in [3.8, 4) is 0 Å². The molecule has 0 saturated carbocycles. The number of benzene rings is 3. The van der Waals surface area contributed by atoms with Gasteiger partial charge in [-0.1, -0.05) is 105 Å². The summed E-state index contributed by atoms with van der Waals surface area (Å²) in [6.45, 7) is 9.50. The van der Waals surface area contributed by atoms with E-state index in [9.17, 15) is 24.3 Å². The lowest BCUT2D eigenvalue weighted by atomic mass is 9.91. The van der Waals surface area contributed by atoms with Gasteiger partial charge >= 0.3 is 6.09 Å². The van der Waals surface area contributed by atoms with Crippen LogP contribution in [0.15, 0.2) is 91.0 Å². The zero-order chi connectivity index (χ0) is 36.7. The van der Waals surface area contributed by atoms with Gasteiger partial charge in [0.2, 0.25) is 17.7 Å². The summed E-state index contributed by atoms with van der Waals surface area (Å²) < 4.78 is 5.66. The Morgan fingerprint density at radius 3 is 1.74 bits per heavy atom. The van der Waals surface area contributed by atoms with E-state index in [-0.39, 0.29) is 25.3 Å². The molecule has 3 rings (SSSR count). The number of nitrogens with one attached hydrogen (secondary N) is 2. The van der Waals surface area contributed by atoms with Crippen molar-refractivity contribution in [1.29, 1.82) is 0 Å². The summed E-state index contributed by atoms with van der Waals surface area (Å²) in [5, 5.41) is 17.1. The van der Waals surface area contributed by atoms with Crippen LogP contribution in [-0.4, -0.2) is 70.7 Å². The van der Waals surface area contributed by atoms with Gasteiger partial charge in [-0.25, -0.2) is 4.79 Å². The third-order valence-corrected chi connectivity index (χ3v) is 8.13. The Balaban J connectivity index is 1.79. The first-order valence-corrected chi connectivity index (χ1v) is 17.4. The maximum atomic E-state index is 14.0. The van der Waals surface area contributed by atoms with Crippen molar-refractivity contribution < 1.29 is 29.0 Å². The smallest absolute Gasteiger partial charge is 0.410 e. The van der Waals surface area contributed by atoms with E-state index in [2.05, 4.69) is 10.6 Å². The lowest BCUT2D eigenvalue weighted by Gasteiger charge is -2.30. The Morgan fingerprint density at radius 1 is 0.740 bits per heavy atom. The first kappa shape index (κ1) is 39.7. The number of aliphatic hydroxyl groups excluding tert-OH is 1. The maximum Gasteiger partial charge on any atom is 0.410 e. The van der Waals surface area contributed by atoms with Crippen molar-refractivity contribution in [2.45, 2.75) is 90.5 Å². The van der Waals surface area contributed by atoms with Crippen molar-refractivity contribution in [1.82, 2.24) is 15.5 Å². The van der Waals surface area contributed by atoms with Crippen LogP contribution >= 0.6 is 0 Å². The van der Waals surface area contributed by atoms with E-state index in [0.717, 1.165) is 16.7 Å². The number of hydrogen-bond acceptors (Lipinski definition) is 6. The van der Waals surface area contributed by atoms with Gasteiger partial charge in [0.15, 0.2) is 0 Å². The molecule has 0 unspecified atom stereocenters.